The molecule has 118 valence electrons. The molecule has 1 aromatic heterocycles. The van der Waals surface area contributed by atoms with Crippen molar-refractivity contribution in [2.75, 3.05) is 5.32 Å². The van der Waals surface area contributed by atoms with Crippen LogP contribution in [0.4, 0.5) is 24.7 Å². The van der Waals surface area contributed by atoms with Gasteiger partial charge >= 0.3 is 6.18 Å². The van der Waals surface area contributed by atoms with Gasteiger partial charge in [-0.2, -0.15) is 13.2 Å². The molecule has 0 aliphatic heterocycles. The standard InChI is InChI=1S/C15H10F3N3O2/c16-15(17,18)9-3-1-2-4-10(9)21-14-8-5-12(22)13(23)6-11(8)19-7-20-14/h1-7,22-23H,(H,19,20,21). The SMILES string of the molecule is Oc1cc2ncnc(Nc3ccccc3C(F)(F)F)c2cc1O. The summed E-state index contributed by atoms with van der Waals surface area (Å²) in [6, 6.07) is 7.36. The second-order valence-corrected chi connectivity index (χ2v) is 4.75. The third-order valence-corrected chi connectivity index (χ3v) is 3.22. The number of aromatic hydroxyl groups is 2. The number of para-hydroxylation sites is 1. The van der Waals surface area contributed by atoms with Crippen molar-refractivity contribution in [3.8, 4) is 11.5 Å². The Morgan fingerprint density at radius 1 is 0.957 bits per heavy atom. The first-order valence-corrected chi connectivity index (χ1v) is 6.46. The fourth-order valence-electron chi connectivity index (χ4n) is 2.15. The van der Waals surface area contributed by atoms with Gasteiger partial charge in [-0.3, -0.25) is 0 Å². The van der Waals surface area contributed by atoms with E-state index < -0.39 is 17.5 Å². The highest BCUT2D eigenvalue weighted by molar-refractivity contribution is 5.93. The van der Waals surface area contributed by atoms with Gasteiger partial charge in [-0.15, -0.1) is 0 Å². The Morgan fingerprint density at radius 3 is 2.39 bits per heavy atom. The first-order chi connectivity index (χ1) is 10.9. The van der Waals surface area contributed by atoms with Crippen LogP contribution in [0.3, 0.4) is 0 Å². The van der Waals surface area contributed by atoms with Crippen LogP contribution >= 0.6 is 0 Å². The summed E-state index contributed by atoms with van der Waals surface area (Å²) in [6.45, 7) is 0. The van der Waals surface area contributed by atoms with Crippen molar-refractivity contribution in [3.63, 3.8) is 0 Å². The van der Waals surface area contributed by atoms with Gasteiger partial charge in [0.1, 0.15) is 12.1 Å². The molecule has 0 fully saturated rings. The molecule has 0 saturated heterocycles. The Kier molecular flexibility index (Phi) is 3.44. The molecular formula is C15H10F3N3O2. The number of benzene rings is 2. The fraction of sp³-hybridized carbons (Fsp3) is 0.0667. The van der Waals surface area contributed by atoms with E-state index in [0.29, 0.717) is 0 Å². The van der Waals surface area contributed by atoms with Crippen LogP contribution in [0.15, 0.2) is 42.7 Å². The molecule has 3 aromatic rings. The molecule has 0 atom stereocenters. The highest BCUT2D eigenvalue weighted by Gasteiger charge is 2.33. The Morgan fingerprint density at radius 2 is 1.65 bits per heavy atom. The van der Waals surface area contributed by atoms with Crippen molar-refractivity contribution in [1.29, 1.82) is 0 Å². The van der Waals surface area contributed by atoms with Crippen molar-refractivity contribution in [2.45, 2.75) is 6.18 Å². The number of nitrogens with zero attached hydrogens (tertiary/aromatic N) is 2. The lowest BCUT2D eigenvalue weighted by atomic mass is 10.1. The topological polar surface area (TPSA) is 78.3 Å². The Bertz CT molecular complexity index is 881. The molecule has 0 aliphatic rings. The van der Waals surface area contributed by atoms with Gasteiger partial charge in [0.15, 0.2) is 11.5 Å². The number of rotatable bonds is 2. The minimum absolute atomic E-state index is 0.0852. The van der Waals surface area contributed by atoms with Gasteiger partial charge in [-0.1, -0.05) is 12.1 Å². The minimum Gasteiger partial charge on any atom is -0.504 e. The molecule has 0 aliphatic carbocycles. The molecule has 3 N–H and O–H groups in total. The van der Waals surface area contributed by atoms with Crippen molar-refractivity contribution >= 4 is 22.4 Å². The number of aromatic nitrogens is 2. The number of hydrogen-bond acceptors (Lipinski definition) is 5. The Balaban J connectivity index is 2.12. The molecule has 2 aromatic carbocycles. The quantitative estimate of drug-likeness (QED) is 0.626. The van der Waals surface area contributed by atoms with Gasteiger partial charge in [0, 0.05) is 11.5 Å². The van der Waals surface area contributed by atoms with Gasteiger partial charge in [-0.05, 0) is 18.2 Å². The number of halogens is 3. The first kappa shape index (κ1) is 14.9. The molecule has 1 heterocycles. The molecule has 0 radical (unpaired) electrons. The lowest BCUT2D eigenvalue weighted by Crippen LogP contribution is -2.09. The van der Waals surface area contributed by atoms with E-state index in [4.69, 9.17) is 0 Å². The predicted octanol–water partition coefficient (Wildman–Crippen LogP) is 3.80. The van der Waals surface area contributed by atoms with Crippen LogP contribution in [-0.2, 0) is 6.18 Å². The van der Waals surface area contributed by atoms with Crippen LogP contribution in [0.2, 0.25) is 0 Å². The zero-order valence-electron chi connectivity index (χ0n) is 11.5. The van der Waals surface area contributed by atoms with E-state index in [1.165, 1.54) is 30.3 Å². The number of nitrogens with one attached hydrogen (secondary N) is 1. The second-order valence-electron chi connectivity index (χ2n) is 4.75. The molecule has 8 heteroatoms. The second kappa shape index (κ2) is 5.31. The lowest BCUT2D eigenvalue weighted by molar-refractivity contribution is -0.136. The third-order valence-electron chi connectivity index (χ3n) is 3.22. The zero-order chi connectivity index (χ0) is 16.6. The molecule has 0 bridgehead atoms. The van der Waals surface area contributed by atoms with Crippen molar-refractivity contribution in [3.05, 3.63) is 48.3 Å². The molecule has 0 unspecified atom stereocenters. The van der Waals surface area contributed by atoms with Crippen LogP contribution in [0.5, 0.6) is 11.5 Å². The van der Waals surface area contributed by atoms with Crippen LogP contribution in [0.1, 0.15) is 5.56 Å². The third kappa shape index (κ3) is 2.83. The zero-order valence-corrected chi connectivity index (χ0v) is 11.5. The summed E-state index contributed by atoms with van der Waals surface area (Å²) in [5, 5.41) is 21.9. The fourth-order valence-corrected chi connectivity index (χ4v) is 2.15. The highest BCUT2D eigenvalue weighted by Crippen LogP contribution is 2.37. The molecule has 0 saturated carbocycles. The number of hydrogen-bond donors (Lipinski definition) is 3. The molecule has 5 nitrogen and oxygen atoms in total. The Hall–Kier alpha value is -3.03. The maximum Gasteiger partial charge on any atom is 0.418 e. The smallest absolute Gasteiger partial charge is 0.418 e. The average Bonchev–Trinajstić information content (AvgIpc) is 2.49. The van der Waals surface area contributed by atoms with E-state index in [1.54, 1.807) is 0 Å². The van der Waals surface area contributed by atoms with Crippen LogP contribution in [-0.4, -0.2) is 20.2 Å². The summed E-state index contributed by atoms with van der Waals surface area (Å²) in [5.41, 5.74) is -0.732. The number of anilines is 2. The van der Waals surface area contributed by atoms with Gasteiger partial charge in [0.2, 0.25) is 0 Å². The number of phenolic OH excluding ortho intramolecular Hbond substituents is 2. The summed E-state index contributed by atoms with van der Waals surface area (Å²) in [4.78, 5) is 7.83. The van der Waals surface area contributed by atoms with Gasteiger partial charge < -0.3 is 15.5 Å². The number of phenols is 2. The van der Waals surface area contributed by atoms with E-state index >= 15 is 0 Å². The van der Waals surface area contributed by atoms with Gasteiger partial charge in [0.25, 0.3) is 0 Å². The minimum atomic E-state index is -4.52. The van der Waals surface area contributed by atoms with E-state index in [9.17, 15) is 23.4 Å². The summed E-state index contributed by atoms with van der Waals surface area (Å²) in [6.07, 6.45) is -3.37. The average molecular weight is 321 g/mol. The van der Waals surface area contributed by atoms with E-state index in [1.807, 2.05) is 0 Å². The van der Waals surface area contributed by atoms with Crippen molar-refractivity contribution in [1.82, 2.24) is 9.97 Å². The molecule has 23 heavy (non-hydrogen) atoms. The highest BCUT2D eigenvalue weighted by atomic mass is 19.4. The first-order valence-electron chi connectivity index (χ1n) is 6.46. The van der Waals surface area contributed by atoms with Crippen molar-refractivity contribution < 1.29 is 23.4 Å². The van der Waals surface area contributed by atoms with Crippen LogP contribution in [0, 0.1) is 0 Å². The number of fused-ring (bicyclic) bond motifs is 1. The summed E-state index contributed by atoms with van der Waals surface area (Å²) in [7, 11) is 0. The van der Waals surface area contributed by atoms with Crippen LogP contribution < -0.4 is 5.32 Å². The summed E-state index contributed by atoms with van der Waals surface area (Å²) < 4.78 is 39.1. The van der Waals surface area contributed by atoms with Crippen molar-refractivity contribution in [2.24, 2.45) is 0 Å². The number of alkyl halides is 3. The Labute approximate surface area is 128 Å². The molecule has 0 amide bonds. The maximum atomic E-state index is 13.0. The van der Waals surface area contributed by atoms with Gasteiger partial charge in [0.05, 0.1) is 16.8 Å². The summed E-state index contributed by atoms with van der Waals surface area (Å²) >= 11 is 0. The predicted molar refractivity (Wildman–Crippen MR) is 77.6 cm³/mol. The molecule has 0 spiro atoms. The van der Waals surface area contributed by atoms with E-state index in [0.717, 1.165) is 12.4 Å². The van der Waals surface area contributed by atoms with E-state index in [2.05, 4.69) is 15.3 Å². The lowest BCUT2D eigenvalue weighted by Gasteiger charge is -2.15. The molecular weight excluding hydrogens is 311 g/mol. The van der Waals surface area contributed by atoms with E-state index in [-0.39, 0.29) is 28.2 Å². The maximum absolute atomic E-state index is 13.0. The monoisotopic (exact) mass is 321 g/mol. The molecule has 3 rings (SSSR count). The largest absolute Gasteiger partial charge is 0.504 e. The van der Waals surface area contributed by atoms with Gasteiger partial charge in [-0.25, -0.2) is 9.97 Å². The van der Waals surface area contributed by atoms with Crippen LogP contribution in [0.25, 0.3) is 10.9 Å². The normalized spacial score (nSPS) is 11.6. The summed E-state index contributed by atoms with van der Waals surface area (Å²) in [5.74, 6) is -0.709.